The lowest BCUT2D eigenvalue weighted by atomic mass is 10.2. The highest BCUT2D eigenvalue weighted by molar-refractivity contribution is 7.91. The molecule has 0 aliphatic carbocycles. The minimum absolute atomic E-state index is 0.142. The SMILES string of the molecule is O=C(Nc1ccc(N2CCNC2=O)cc1)C1CCCN1S(=O)(=O)c1cccs1. The second-order valence-corrected chi connectivity index (χ2v) is 9.69. The van der Waals surface area contributed by atoms with E-state index in [1.165, 1.54) is 4.31 Å². The van der Waals surface area contributed by atoms with Crippen molar-refractivity contribution in [3.05, 3.63) is 41.8 Å². The molecule has 0 bridgehead atoms. The van der Waals surface area contributed by atoms with Crippen molar-refractivity contribution in [2.24, 2.45) is 0 Å². The number of nitrogens with one attached hydrogen (secondary N) is 2. The Morgan fingerprint density at radius 1 is 1.18 bits per heavy atom. The molecule has 2 aliphatic rings. The van der Waals surface area contributed by atoms with E-state index in [0.717, 1.165) is 17.0 Å². The van der Waals surface area contributed by atoms with Gasteiger partial charge in [0.1, 0.15) is 10.3 Å². The zero-order valence-corrected chi connectivity index (χ0v) is 16.6. The largest absolute Gasteiger partial charge is 0.336 e. The molecule has 2 saturated heterocycles. The first kappa shape index (κ1) is 18.9. The molecule has 28 heavy (non-hydrogen) atoms. The van der Waals surface area contributed by atoms with E-state index >= 15 is 0 Å². The van der Waals surface area contributed by atoms with Gasteiger partial charge in [-0.25, -0.2) is 13.2 Å². The van der Waals surface area contributed by atoms with Crippen LogP contribution in [-0.2, 0) is 14.8 Å². The number of thiophene rings is 1. The fourth-order valence-electron chi connectivity index (χ4n) is 3.48. The minimum atomic E-state index is -3.67. The van der Waals surface area contributed by atoms with E-state index in [1.54, 1.807) is 46.7 Å². The Labute approximate surface area is 167 Å². The van der Waals surface area contributed by atoms with Crippen molar-refractivity contribution in [3.8, 4) is 0 Å². The van der Waals surface area contributed by atoms with Gasteiger partial charge in [0.2, 0.25) is 5.91 Å². The van der Waals surface area contributed by atoms with Crippen molar-refractivity contribution in [1.29, 1.82) is 0 Å². The van der Waals surface area contributed by atoms with Gasteiger partial charge in [0.05, 0.1) is 0 Å². The summed E-state index contributed by atoms with van der Waals surface area (Å²) in [4.78, 5) is 26.1. The fourth-order valence-corrected chi connectivity index (χ4v) is 6.26. The number of benzene rings is 1. The number of sulfonamides is 1. The van der Waals surface area contributed by atoms with Crippen LogP contribution in [0.4, 0.5) is 16.2 Å². The monoisotopic (exact) mass is 420 g/mol. The molecule has 0 radical (unpaired) electrons. The average Bonchev–Trinajstić information content (AvgIpc) is 3.44. The Morgan fingerprint density at radius 2 is 1.96 bits per heavy atom. The number of amides is 3. The van der Waals surface area contributed by atoms with Crippen LogP contribution in [0.1, 0.15) is 12.8 Å². The highest BCUT2D eigenvalue weighted by atomic mass is 32.2. The zero-order valence-electron chi connectivity index (χ0n) is 15.0. The predicted octanol–water partition coefficient (Wildman–Crippen LogP) is 2.07. The number of hydrogen-bond donors (Lipinski definition) is 2. The summed E-state index contributed by atoms with van der Waals surface area (Å²) in [5, 5.41) is 7.25. The summed E-state index contributed by atoms with van der Waals surface area (Å²) < 4.78 is 27.1. The average molecular weight is 421 g/mol. The third-order valence-electron chi connectivity index (χ3n) is 4.87. The van der Waals surface area contributed by atoms with Crippen molar-refractivity contribution < 1.29 is 18.0 Å². The van der Waals surface area contributed by atoms with E-state index < -0.39 is 16.1 Å². The van der Waals surface area contributed by atoms with Gasteiger partial charge in [-0.15, -0.1) is 11.3 Å². The van der Waals surface area contributed by atoms with E-state index in [4.69, 9.17) is 0 Å². The number of rotatable bonds is 5. The molecule has 2 aromatic rings. The molecule has 2 fully saturated rings. The maximum Gasteiger partial charge on any atom is 0.321 e. The van der Waals surface area contributed by atoms with Crippen LogP contribution in [0.15, 0.2) is 46.0 Å². The molecule has 0 spiro atoms. The molecule has 3 amide bonds. The maximum atomic E-state index is 12.8. The summed E-state index contributed by atoms with van der Waals surface area (Å²) in [6.45, 7) is 1.54. The first-order valence-electron chi connectivity index (χ1n) is 8.98. The van der Waals surface area contributed by atoms with Gasteiger partial charge in [-0.1, -0.05) is 6.07 Å². The smallest absolute Gasteiger partial charge is 0.321 e. The van der Waals surface area contributed by atoms with Crippen LogP contribution in [0.5, 0.6) is 0 Å². The molecular weight excluding hydrogens is 400 g/mol. The third kappa shape index (κ3) is 3.50. The number of hydrogen-bond acceptors (Lipinski definition) is 5. The second-order valence-electron chi connectivity index (χ2n) is 6.63. The van der Waals surface area contributed by atoms with Gasteiger partial charge in [0.25, 0.3) is 10.0 Å². The summed E-state index contributed by atoms with van der Waals surface area (Å²) in [6.07, 6.45) is 1.13. The van der Waals surface area contributed by atoms with Crippen molar-refractivity contribution in [2.45, 2.75) is 23.1 Å². The first-order valence-corrected chi connectivity index (χ1v) is 11.3. The van der Waals surface area contributed by atoms with Crippen LogP contribution < -0.4 is 15.5 Å². The lowest BCUT2D eigenvalue weighted by Crippen LogP contribution is -2.42. The standard InChI is InChI=1S/C18H20N4O4S2/c23-17(15-3-1-10-22(15)28(25,26)16-4-2-12-27-16)20-13-5-7-14(8-6-13)21-11-9-19-18(21)24/h2,4-8,12,15H,1,3,9-11H2,(H,19,24)(H,20,23). The van der Waals surface area contributed by atoms with E-state index in [-0.39, 0.29) is 16.1 Å². The molecular formula is C18H20N4O4S2. The predicted molar refractivity (Wildman–Crippen MR) is 107 cm³/mol. The molecule has 2 N–H and O–H groups in total. The number of urea groups is 1. The van der Waals surface area contributed by atoms with Gasteiger partial charge < -0.3 is 10.6 Å². The van der Waals surface area contributed by atoms with E-state index in [2.05, 4.69) is 10.6 Å². The zero-order chi connectivity index (χ0) is 19.7. The summed E-state index contributed by atoms with van der Waals surface area (Å²) >= 11 is 1.15. The summed E-state index contributed by atoms with van der Waals surface area (Å²) in [7, 11) is -3.67. The van der Waals surface area contributed by atoms with Crippen molar-refractivity contribution in [2.75, 3.05) is 29.9 Å². The maximum absolute atomic E-state index is 12.8. The number of anilines is 2. The molecule has 8 nitrogen and oxygen atoms in total. The molecule has 0 saturated carbocycles. The van der Waals surface area contributed by atoms with Crippen LogP contribution in [0.3, 0.4) is 0 Å². The van der Waals surface area contributed by atoms with Crippen LogP contribution in [0.25, 0.3) is 0 Å². The van der Waals surface area contributed by atoms with Gasteiger partial charge in [0, 0.05) is 31.0 Å². The number of carbonyl (C=O) groups is 2. The lowest BCUT2D eigenvalue weighted by molar-refractivity contribution is -0.119. The van der Waals surface area contributed by atoms with E-state index in [1.807, 2.05) is 0 Å². The Morgan fingerprint density at radius 3 is 2.61 bits per heavy atom. The molecule has 2 aliphatic heterocycles. The summed E-state index contributed by atoms with van der Waals surface area (Å²) in [5.41, 5.74) is 1.31. The molecule has 148 valence electrons. The van der Waals surface area contributed by atoms with Gasteiger partial charge in [-0.05, 0) is 48.6 Å². The van der Waals surface area contributed by atoms with E-state index in [0.29, 0.717) is 38.2 Å². The molecule has 1 atom stereocenters. The number of carbonyl (C=O) groups excluding carboxylic acids is 2. The molecule has 1 aromatic carbocycles. The lowest BCUT2D eigenvalue weighted by Gasteiger charge is -2.22. The fraction of sp³-hybridized carbons (Fsp3) is 0.333. The second kappa shape index (κ2) is 7.53. The van der Waals surface area contributed by atoms with Gasteiger partial charge in [-0.3, -0.25) is 9.69 Å². The molecule has 10 heteroatoms. The highest BCUT2D eigenvalue weighted by Gasteiger charge is 2.39. The molecule has 1 aromatic heterocycles. The van der Waals surface area contributed by atoms with Crippen LogP contribution in [0, 0.1) is 0 Å². The Bertz CT molecular complexity index is 974. The van der Waals surface area contributed by atoms with Crippen LogP contribution >= 0.6 is 11.3 Å². The Hall–Kier alpha value is -2.43. The van der Waals surface area contributed by atoms with Gasteiger partial charge in [0.15, 0.2) is 0 Å². The van der Waals surface area contributed by atoms with Crippen molar-refractivity contribution >= 4 is 44.7 Å². The van der Waals surface area contributed by atoms with Crippen molar-refractivity contribution in [3.63, 3.8) is 0 Å². The summed E-state index contributed by atoms with van der Waals surface area (Å²) in [6, 6.07) is 9.32. The quantitative estimate of drug-likeness (QED) is 0.774. The topological polar surface area (TPSA) is 98.8 Å². The third-order valence-corrected chi connectivity index (χ3v) is 8.15. The van der Waals surface area contributed by atoms with Crippen LogP contribution in [0.2, 0.25) is 0 Å². The van der Waals surface area contributed by atoms with Gasteiger partial charge in [-0.2, -0.15) is 4.31 Å². The van der Waals surface area contributed by atoms with E-state index in [9.17, 15) is 18.0 Å². The Kier molecular flexibility index (Phi) is 5.09. The Balaban J connectivity index is 1.46. The first-order chi connectivity index (χ1) is 13.5. The van der Waals surface area contributed by atoms with Crippen LogP contribution in [-0.4, -0.2) is 50.3 Å². The minimum Gasteiger partial charge on any atom is -0.336 e. The van der Waals surface area contributed by atoms with Crippen molar-refractivity contribution in [1.82, 2.24) is 9.62 Å². The normalized spacial score (nSPS) is 20.4. The number of nitrogens with zero attached hydrogens (tertiary/aromatic N) is 2. The van der Waals surface area contributed by atoms with Gasteiger partial charge >= 0.3 is 6.03 Å². The highest BCUT2D eigenvalue weighted by Crippen LogP contribution is 2.29. The molecule has 3 heterocycles. The molecule has 4 rings (SSSR count). The molecule has 1 unspecified atom stereocenters. The summed E-state index contributed by atoms with van der Waals surface area (Å²) in [5.74, 6) is -0.343.